The number of fused-ring (bicyclic) bond motifs is 1. The molecular formula is C17H15N3O2. The van der Waals surface area contributed by atoms with Crippen LogP contribution in [0.4, 0.5) is 0 Å². The molecule has 3 aromatic rings. The third kappa shape index (κ3) is 2.88. The highest BCUT2D eigenvalue weighted by Crippen LogP contribution is 2.12. The Labute approximate surface area is 127 Å². The van der Waals surface area contributed by atoms with E-state index < -0.39 is 0 Å². The number of hydrogen-bond acceptors (Lipinski definition) is 3. The van der Waals surface area contributed by atoms with Crippen molar-refractivity contribution in [1.29, 1.82) is 0 Å². The average molecular weight is 293 g/mol. The van der Waals surface area contributed by atoms with Crippen molar-refractivity contribution in [2.24, 2.45) is 0 Å². The molecule has 22 heavy (non-hydrogen) atoms. The summed E-state index contributed by atoms with van der Waals surface area (Å²) in [4.78, 5) is 30.9. The van der Waals surface area contributed by atoms with Crippen LogP contribution in [-0.2, 0) is 6.54 Å². The highest BCUT2D eigenvalue weighted by molar-refractivity contribution is 5.96. The lowest BCUT2D eigenvalue weighted by molar-refractivity contribution is 0.0946. The van der Waals surface area contributed by atoms with Crippen LogP contribution in [0.2, 0.25) is 0 Å². The molecule has 2 N–H and O–H groups in total. The summed E-state index contributed by atoms with van der Waals surface area (Å²) in [6, 6.07) is 10.9. The molecule has 0 aliphatic carbocycles. The normalized spacial score (nSPS) is 10.6. The average Bonchev–Trinajstić information content (AvgIpc) is 2.54. The van der Waals surface area contributed by atoms with E-state index in [2.05, 4.69) is 15.3 Å². The Morgan fingerprint density at radius 2 is 2.14 bits per heavy atom. The molecule has 1 aromatic carbocycles. The summed E-state index contributed by atoms with van der Waals surface area (Å²) in [6.07, 6.45) is 3.36. The number of H-pyrrole nitrogens is 1. The van der Waals surface area contributed by atoms with Crippen molar-refractivity contribution in [3.05, 3.63) is 76.0 Å². The molecule has 2 aromatic heterocycles. The molecule has 0 aliphatic rings. The first-order chi connectivity index (χ1) is 10.6. The van der Waals surface area contributed by atoms with E-state index >= 15 is 0 Å². The van der Waals surface area contributed by atoms with Gasteiger partial charge >= 0.3 is 0 Å². The second kappa shape index (κ2) is 5.81. The number of rotatable bonds is 3. The molecule has 3 rings (SSSR count). The maximum absolute atomic E-state index is 12.2. The number of aromatic nitrogens is 2. The zero-order valence-electron chi connectivity index (χ0n) is 12.1. The first-order valence-corrected chi connectivity index (χ1v) is 6.94. The Hall–Kier alpha value is -2.95. The number of aryl methyl sites for hydroxylation is 1. The lowest BCUT2D eigenvalue weighted by Gasteiger charge is -2.06. The van der Waals surface area contributed by atoms with Gasteiger partial charge in [-0.05, 0) is 36.1 Å². The third-order valence-electron chi connectivity index (χ3n) is 3.42. The molecule has 5 nitrogen and oxygen atoms in total. The van der Waals surface area contributed by atoms with Gasteiger partial charge in [0.1, 0.15) is 5.69 Å². The van der Waals surface area contributed by atoms with Gasteiger partial charge in [0, 0.05) is 24.3 Å². The molecule has 5 heteroatoms. The topological polar surface area (TPSA) is 74.8 Å². The minimum absolute atomic E-state index is 0.255. The van der Waals surface area contributed by atoms with Crippen molar-refractivity contribution in [1.82, 2.24) is 15.3 Å². The Bertz CT molecular complexity index is 885. The predicted molar refractivity (Wildman–Crippen MR) is 84.7 cm³/mol. The smallest absolute Gasteiger partial charge is 0.268 e. The fourth-order valence-electron chi connectivity index (χ4n) is 2.28. The van der Waals surface area contributed by atoms with Gasteiger partial charge in [0.25, 0.3) is 11.5 Å². The van der Waals surface area contributed by atoms with Gasteiger partial charge in [0.05, 0.1) is 0 Å². The first-order valence-electron chi connectivity index (χ1n) is 6.94. The van der Waals surface area contributed by atoms with Crippen LogP contribution in [0, 0.1) is 6.92 Å². The summed E-state index contributed by atoms with van der Waals surface area (Å²) in [6.45, 7) is 2.29. The number of nitrogens with one attached hydrogen (secondary N) is 2. The van der Waals surface area contributed by atoms with Gasteiger partial charge in [-0.25, -0.2) is 0 Å². The van der Waals surface area contributed by atoms with Gasteiger partial charge < -0.3 is 10.3 Å². The fourth-order valence-corrected chi connectivity index (χ4v) is 2.28. The quantitative estimate of drug-likeness (QED) is 0.777. The second-order valence-corrected chi connectivity index (χ2v) is 5.15. The Morgan fingerprint density at radius 3 is 2.91 bits per heavy atom. The molecule has 110 valence electrons. The van der Waals surface area contributed by atoms with Gasteiger partial charge in [-0.3, -0.25) is 14.6 Å². The summed E-state index contributed by atoms with van der Waals surface area (Å²) >= 11 is 0. The molecule has 0 radical (unpaired) electrons. The van der Waals surface area contributed by atoms with E-state index in [1.807, 2.05) is 37.3 Å². The maximum atomic E-state index is 12.2. The fraction of sp³-hybridized carbons (Fsp3) is 0.118. The zero-order valence-corrected chi connectivity index (χ0v) is 12.1. The van der Waals surface area contributed by atoms with Crippen molar-refractivity contribution in [2.45, 2.75) is 13.5 Å². The van der Waals surface area contributed by atoms with E-state index in [4.69, 9.17) is 0 Å². The molecule has 0 spiro atoms. The van der Waals surface area contributed by atoms with Crippen LogP contribution in [0.15, 0.2) is 53.6 Å². The lowest BCUT2D eigenvalue weighted by atomic mass is 10.1. The highest BCUT2D eigenvalue weighted by Gasteiger charge is 2.09. The van der Waals surface area contributed by atoms with Crippen LogP contribution in [0.1, 0.15) is 21.6 Å². The largest absolute Gasteiger partial charge is 0.347 e. The third-order valence-corrected chi connectivity index (χ3v) is 3.42. The number of carbonyl (C=O) groups excluding carboxylic acids is 1. The zero-order chi connectivity index (χ0) is 15.5. The van der Waals surface area contributed by atoms with Crippen molar-refractivity contribution in [3.63, 3.8) is 0 Å². The van der Waals surface area contributed by atoms with Gasteiger partial charge in [-0.2, -0.15) is 0 Å². The van der Waals surface area contributed by atoms with Crippen LogP contribution < -0.4 is 10.9 Å². The molecule has 0 saturated carbocycles. The van der Waals surface area contributed by atoms with Crippen LogP contribution in [-0.4, -0.2) is 15.9 Å². The Balaban J connectivity index is 1.85. The summed E-state index contributed by atoms with van der Waals surface area (Å²) in [5.74, 6) is -0.316. The number of pyridine rings is 2. The van der Waals surface area contributed by atoms with Crippen molar-refractivity contribution in [2.75, 3.05) is 0 Å². The lowest BCUT2D eigenvalue weighted by Crippen LogP contribution is -2.26. The maximum Gasteiger partial charge on any atom is 0.268 e. The SMILES string of the molecule is Cc1ccc2cc(C(=O)NCc3cccnc3)[nH]c(=O)c2c1. The van der Waals surface area contributed by atoms with Crippen LogP contribution >= 0.6 is 0 Å². The van der Waals surface area contributed by atoms with Crippen molar-refractivity contribution in [3.8, 4) is 0 Å². The molecule has 1 amide bonds. The van der Waals surface area contributed by atoms with Gasteiger partial charge in [-0.15, -0.1) is 0 Å². The van der Waals surface area contributed by atoms with Crippen LogP contribution in [0.3, 0.4) is 0 Å². The molecule has 0 saturated heterocycles. The van der Waals surface area contributed by atoms with Crippen LogP contribution in [0.25, 0.3) is 10.8 Å². The van der Waals surface area contributed by atoms with E-state index in [0.717, 1.165) is 16.5 Å². The number of benzene rings is 1. The van der Waals surface area contributed by atoms with E-state index in [0.29, 0.717) is 11.9 Å². The Kier molecular flexibility index (Phi) is 3.70. The summed E-state index contributed by atoms with van der Waals surface area (Å²) in [5, 5.41) is 4.11. The van der Waals surface area contributed by atoms with E-state index in [-0.39, 0.29) is 17.2 Å². The summed E-state index contributed by atoms with van der Waals surface area (Å²) in [7, 11) is 0. The van der Waals surface area contributed by atoms with Gasteiger partial charge in [-0.1, -0.05) is 23.8 Å². The van der Waals surface area contributed by atoms with E-state index in [1.165, 1.54) is 0 Å². The predicted octanol–water partition coefficient (Wildman–Crippen LogP) is 2.16. The number of hydrogen-bond donors (Lipinski definition) is 2. The molecule has 0 unspecified atom stereocenters. The van der Waals surface area contributed by atoms with Crippen molar-refractivity contribution >= 4 is 16.7 Å². The highest BCUT2D eigenvalue weighted by atomic mass is 16.2. The summed E-state index contributed by atoms with van der Waals surface area (Å²) in [5.41, 5.74) is 1.90. The standard InChI is InChI=1S/C17H15N3O2/c1-11-4-5-13-8-15(20-16(21)14(13)7-11)17(22)19-10-12-3-2-6-18-9-12/h2-9H,10H2,1H3,(H,19,22)(H,20,21). The monoisotopic (exact) mass is 293 g/mol. The van der Waals surface area contributed by atoms with Gasteiger partial charge in [0.2, 0.25) is 0 Å². The minimum Gasteiger partial charge on any atom is -0.347 e. The first kappa shape index (κ1) is 14.0. The number of amides is 1. The molecular weight excluding hydrogens is 278 g/mol. The van der Waals surface area contributed by atoms with Crippen molar-refractivity contribution < 1.29 is 4.79 Å². The second-order valence-electron chi connectivity index (χ2n) is 5.15. The van der Waals surface area contributed by atoms with E-state index in [9.17, 15) is 9.59 Å². The van der Waals surface area contributed by atoms with E-state index in [1.54, 1.807) is 18.5 Å². The number of nitrogens with zero attached hydrogens (tertiary/aromatic N) is 1. The molecule has 0 aliphatic heterocycles. The number of carbonyl (C=O) groups is 1. The number of aromatic amines is 1. The minimum atomic E-state index is -0.316. The molecule has 0 bridgehead atoms. The van der Waals surface area contributed by atoms with Gasteiger partial charge in [0.15, 0.2) is 0 Å². The Morgan fingerprint density at radius 1 is 1.27 bits per heavy atom. The molecule has 2 heterocycles. The molecule has 0 fully saturated rings. The van der Waals surface area contributed by atoms with Crippen LogP contribution in [0.5, 0.6) is 0 Å². The molecule has 0 atom stereocenters. The summed E-state index contributed by atoms with van der Waals surface area (Å²) < 4.78 is 0.